The Labute approximate surface area is 155 Å². The summed E-state index contributed by atoms with van der Waals surface area (Å²) in [4.78, 5) is 14.3. The van der Waals surface area contributed by atoms with Crippen LogP contribution in [0.15, 0.2) is 48.5 Å². The van der Waals surface area contributed by atoms with E-state index in [9.17, 15) is 4.79 Å². The number of benzene rings is 2. The minimum atomic E-state index is 0. The van der Waals surface area contributed by atoms with Gasteiger partial charge in [-0.05, 0) is 49.2 Å². The van der Waals surface area contributed by atoms with Crippen molar-refractivity contribution in [2.24, 2.45) is 0 Å². The van der Waals surface area contributed by atoms with E-state index in [4.69, 9.17) is 4.74 Å². The Kier molecular flexibility index (Phi) is 7.29. The normalized spacial score (nSPS) is 12.9. The van der Waals surface area contributed by atoms with E-state index in [2.05, 4.69) is 23.5 Å². The van der Waals surface area contributed by atoms with Gasteiger partial charge in [0, 0.05) is 25.2 Å². The van der Waals surface area contributed by atoms with Crippen molar-refractivity contribution in [1.82, 2.24) is 5.32 Å². The Bertz CT molecular complexity index is 691. The van der Waals surface area contributed by atoms with Gasteiger partial charge in [-0.2, -0.15) is 0 Å². The molecule has 0 radical (unpaired) electrons. The number of fused-ring (bicyclic) bond motifs is 1. The number of nitrogens with zero attached hydrogens (tertiary/aromatic N) is 1. The number of hydrogen-bond donors (Lipinski definition) is 1. The largest absolute Gasteiger partial charge is 0.489 e. The zero-order chi connectivity index (χ0) is 16.8. The lowest BCUT2D eigenvalue weighted by Gasteiger charge is -2.30. The van der Waals surface area contributed by atoms with Gasteiger partial charge in [0.25, 0.3) is 0 Å². The molecule has 0 aromatic heterocycles. The number of carbonyl (C=O) groups excluding carboxylic acids is 1. The van der Waals surface area contributed by atoms with Crippen LogP contribution in [0.4, 0.5) is 5.69 Å². The highest BCUT2D eigenvalue weighted by molar-refractivity contribution is 5.94. The number of amides is 1. The summed E-state index contributed by atoms with van der Waals surface area (Å²) in [6.07, 6.45) is 2.52. The minimum Gasteiger partial charge on any atom is -0.489 e. The van der Waals surface area contributed by atoms with Crippen LogP contribution < -0.4 is 15.0 Å². The van der Waals surface area contributed by atoms with Crippen molar-refractivity contribution >= 4 is 24.0 Å². The molecule has 2 aromatic carbocycles. The van der Waals surface area contributed by atoms with Crippen molar-refractivity contribution < 1.29 is 9.53 Å². The summed E-state index contributed by atoms with van der Waals surface area (Å²) < 4.78 is 5.91. The molecule has 0 atom stereocenters. The van der Waals surface area contributed by atoms with E-state index >= 15 is 0 Å². The van der Waals surface area contributed by atoms with Gasteiger partial charge in [0.1, 0.15) is 12.4 Å². The highest BCUT2D eigenvalue weighted by atomic mass is 35.5. The average molecular weight is 361 g/mol. The smallest absolute Gasteiger partial charge is 0.228 e. The predicted octanol–water partition coefficient (Wildman–Crippen LogP) is 3.58. The summed E-state index contributed by atoms with van der Waals surface area (Å²) >= 11 is 0. The maximum absolute atomic E-state index is 12.4. The van der Waals surface area contributed by atoms with Crippen LogP contribution in [0.2, 0.25) is 0 Å². The van der Waals surface area contributed by atoms with Gasteiger partial charge in [-0.15, -0.1) is 12.4 Å². The first-order chi connectivity index (χ1) is 11.8. The lowest BCUT2D eigenvalue weighted by Crippen LogP contribution is -2.36. The molecule has 0 unspecified atom stereocenters. The molecule has 4 nitrogen and oxygen atoms in total. The van der Waals surface area contributed by atoms with Crippen LogP contribution in [0.25, 0.3) is 0 Å². The SMILES string of the molecule is CNCCC(=O)N1CCCc2cc(OCc3ccccc3)ccc21.Cl. The van der Waals surface area contributed by atoms with Gasteiger partial charge in [-0.1, -0.05) is 30.3 Å². The molecule has 1 aliphatic heterocycles. The fourth-order valence-electron chi connectivity index (χ4n) is 3.03. The van der Waals surface area contributed by atoms with Crippen LogP contribution in [0.3, 0.4) is 0 Å². The van der Waals surface area contributed by atoms with Gasteiger partial charge in [0.05, 0.1) is 0 Å². The Hall–Kier alpha value is -2.04. The Morgan fingerprint density at radius 2 is 2.00 bits per heavy atom. The monoisotopic (exact) mass is 360 g/mol. The van der Waals surface area contributed by atoms with Crippen molar-refractivity contribution in [3.63, 3.8) is 0 Å². The third kappa shape index (κ3) is 4.97. The minimum absolute atomic E-state index is 0. The Balaban J connectivity index is 0.00000225. The van der Waals surface area contributed by atoms with Gasteiger partial charge in [0.2, 0.25) is 5.91 Å². The quantitative estimate of drug-likeness (QED) is 0.856. The highest BCUT2D eigenvalue weighted by Crippen LogP contribution is 2.31. The van der Waals surface area contributed by atoms with Crippen molar-refractivity contribution in [2.45, 2.75) is 25.9 Å². The maximum Gasteiger partial charge on any atom is 0.228 e. The topological polar surface area (TPSA) is 41.6 Å². The Morgan fingerprint density at radius 1 is 1.20 bits per heavy atom. The average Bonchev–Trinajstić information content (AvgIpc) is 2.64. The molecule has 0 bridgehead atoms. The summed E-state index contributed by atoms with van der Waals surface area (Å²) in [7, 11) is 1.87. The van der Waals surface area contributed by atoms with Crippen molar-refractivity contribution in [1.29, 1.82) is 0 Å². The highest BCUT2D eigenvalue weighted by Gasteiger charge is 2.22. The number of nitrogens with one attached hydrogen (secondary N) is 1. The number of rotatable bonds is 6. The lowest BCUT2D eigenvalue weighted by molar-refractivity contribution is -0.118. The molecule has 25 heavy (non-hydrogen) atoms. The second-order valence-corrected chi connectivity index (χ2v) is 6.07. The number of anilines is 1. The first kappa shape index (κ1) is 19.3. The van der Waals surface area contributed by atoms with E-state index in [0.29, 0.717) is 19.6 Å². The van der Waals surface area contributed by atoms with Gasteiger partial charge in [-0.3, -0.25) is 4.79 Å². The summed E-state index contributed by atoms with van der Waals surface area (Å²) in [6, 6.07) is 16.2. The molecule has 1 heterocycles. The summed E-state index contributed by atoms with van der Waals surface area (Å²) in [5, 5.41) is 3.04. The van der Waals surface area contributed by atoms with E-state index < -0.39 is 0 Å². The van der Waals surface area contributed by atoms with E-state index in [0.717, 1.165) is 36.4 Å². The van der Waals surface area contributed by atoms with Crippen LogP contribution in [0.5, 0.6) is 5.75 Å². The third-order valence-corrected chi connectivity index (χ3v) is 4.31. The van der Waals surface area contributed by atoms with E-state index in [1.54, 1.807) is 0 Å². The lowest BCUT2D eigenvalue weighted by atomic mass is 10.0. The summed E-state index contributed by atoms with van der Waals surface area (Å²) in [5.74, 6) is 1.05. The molecule has 0 fully saturated rings. The Morgan fingerprint density at radius 3 is 2.76 bits per heavy atom. The zero-order valence-corrected chi connectivity index (χ0v) is 15.3. The first-order valence-corrected chi connectivity index (χ1v) is 8.52. The third-order valence-electron chi connectivity index (χ3n) is 4.31. The fraction of sp³-hybridized carbons (Fsp3) is 0.350. The number of aryl methyl sites for hydroxylation is 1. The number of hydrogen-bond acceptors (Lipinski definition) is 3. The second-order valence-electron chi connectivity index (χ2n) is 6.07. The van der Waals surface area contributed by atoms with E-state index in [-0.39, 0.29) is 18.3 Å². The molecule has 0 aliphatic carbocycles. The molecule has 0 saturated carbocycles. The van der Waals surface area contributed by atoms with Crippen LogP contribution in [-0.4, -0.2) is 26.0 Å². The molecule has 1 N–H and O–H groups in total. The molecule has 1 aliphatic rings. The molecule has 2 aromatic rings. The molecule has 5 heteroatoms. The van der Waals surface area contributed by atoms with Crippen LogP contribution in [0, 0.1) is 0 Å². The number of carbonyl (C=O) groups is 1. The molecule has 3 rings (SSSR count). The van der Waals surface area contributed by atoms with Crippen molar-refractivity contribution in [2.75, 3.05) is 25.0 Å². The molecule has 0 saturated heterocycles. The van der Waals surface area contributed by atoms with Crippen LogP contribution in [0.1, 0.15) is 24.0 Å². The van der Waals surface area contributed by atoms with E-state index in [1.165, 1.54) is 5.56 Å². The summed E-state index contributed by atoms with van der Waals surface area (Å²) in [6.45, 7) is 2.08. The molecule has 1 amide bonds. The van der Waals surface area contributed by atoms with Gasteiger partial charge in [0.15, 0.2) is 0 Å². The van der Waals surface area contributed by atoms with Crippen LogP contribution >= 0.6 is 12.4 Å². The standard InChI is InChI=1S/C20H24N2O2.ClH/c1-21-12-11-20(23)22-13-5-8-17-14-18(9-10-19(17)22)24-15-16-6-3-2-4-7-16;/h2-4,6-7,9-10,14,21H,5,8,11-13,15H2,1H3;1H. The van der Waals surface area contributed by atoms with Crippen LogP contribution in [-0.2, 0) is 17.8 Å². The zero-order valence-electron chi connectivity index (χ0n) is 14.5. The molecule has 0 spiro atoms. The molecular formula is C20H25ClN2O2. The molecular weight excluding hydrogens is 336 g/mol. The maximum atomic E-state index is 12.4. The molecule has 134 valence electrons. The fourth-order valence-corrected chi connectivity index (χ4v) is 3.03. The van der Waals surface area contributed by atoms with Gasteiger partial charge >= 0.3 is 0 Å². The first-order valence-electron chi connectivity index (χ1n) is 8.52. The van der Waals surface area contributed by atoms with E-state index in [1.807, 2.05) is 42.3 Å². The predicted molar refractivity (Wildman–Crippen MR) is 104 cm³/mol. The number of halogens is 1. The van der Waals surface area contributed by atoms with Crippen molar-refractivity contribution in [3.05, 3.63) is 59.7 Å². The van der Waals surface area contributed by atoms with Gasteiger partial charge < -0.3 is 15.0 Å². The number of ether oxygens (including phenoxy) is 1. The van der Waals surface area contributed by atoms with Crippen molar-refractivity contribution in [3.8, 4) is 5.75 Å². The van der Waals surface area contributed by atoms with Gasteiger partial charge in [-0.25, -0.2) is 0 Å². The summed E-state index contributed by atoms with van der Waals surface area (Å²) in [5.41, 5.74) is 3.39. The second kappa shape index (κ2) is 9.44.